The molecule has 0 aromatic heterocycles. The molecule has 1 amide bonds. The van der Waals surface area contributed by atoms with Crippen molar-refractivity contribution in [2.24, 2.45) is 0 Å². The molecule has 0 aliphatic heterocycles. The van der Waals surface area contributed by atoms with Crippen molar-refractivity contribution in [2.75, 3.05) is 0 Å². The Labute approximate surface area is 145 Å². The molecule has 0 unspecified atom stereocenters. The minimum atomic E-state index is -0.453. The number of hydroxylamine groups is 1. The van der Waals surface area contributed by atoms with Crippen LogP contribution in [0.4, 0.5) is 0 Å². The molecule has 2 aromatic carbocycles. The predicted octanol–water partition coefficient (Wildman–Crippen LogP) is 3.56. The van der Waals surface area contributed by atoms with Crippen LogP contribution in [0.15, 0.2) is 36.4 Å². The van der Waals surface area contributed by atoms with Gasteiger partial charge >= 0.3 is 32.7 Å². The van der Waals surface area contributed by atoms with Crippen LogP contribution in [0.2, 0.25) is 0 Å². The second-order valence-electron chi connectivity index (χ2n) is 4.22. The smallest absolute Gasteiger partial charge is 0.358 e. The largest absolute Gasteiger partial charge is 3.00 e. The van der Waals surface area contributed by atoms with Gasteiger partial charge in [-0.25, -0.2) is 5.48 Å². The Kier molecular flexibility index (Phi) is 8.87. The molecule has 0 spiro atoms. The summed E-state index contributed by atoms with van der Waals surface area (Å²) < 4.78 is 0. The Morgan fingerprint density at radius 2 is 1.90 bits per heavy atom. The minimum Gasteiger partial charge on any atom is -0.358 e. The van der Waals surface area contributed by atoms with E-state index >= 15 is 0 Å². The van der Waals surface area contributed by atoms with E-state index in [-0.39, 0.29) is 40.1 Å². The molecule has 0 saturated carbocycles. The number of hydrogen-bond acceptors (Lipinski definition) is 2. The molecule has 20 heavy (non-hydrogen) atoms. The van der Waals surface area contributed by atoms with Gasteiger partial charge in [-0.3, -0.25) is 10.0 Å². The monoisotopic (exact) mass is 346 g/mol. The van der Waals surface area contributed by atoms with E-state index in [0.29, 0.717) is 5.56 Å². The summed E-state index contributed by atoms with van der Waals surface area (Å²) in [5, 5.41) is 10.7. The first-order valence-corrected chi connectivity index (χ1v) is 6.02. The third kappa shape index (κ3) is 4.11. The first kappa shape index (κ1) is 19.2. The summed E-state index contributed by atoms with van der Waals surface area (Å²) in [6, 6.07) is 11.6. The number of fused-ring (bicyclic) bond motifs is 1. The number of carbonyl (C=O) groups excluding carboxylic acids is 1. The number of aryl methyl sites for hydroxylation is 1. The quantitative estimate of drug-likeness (QED) is 0.505. The Hall–Kier alpha value is -0.766. The van der Waals surface area contributed by atoms with Gasteiger partial charge in [0.05, 0.1) is 5.56 Å². The van der Waals surface area contributed by atoms with Crippen molar-refractivity contribution < 1.29 is 42.7 Å². The standard InChI is InChI=1S/C15H16NO2.CH3.Y/c1-2-3-6-12-10-9-11-7-4-5-8-13(11)14(12)15(17)16-18;;/h4-5,7-10,18H,1-3,6H2,(H,16,17);1H3;/q2*-1;+3. The second-order valence-corrected chi connectivity index (χ2v) is 4.22. The number of benzene rings is 2. The van der Waals surface area contributed by atoms with Gasteiger partial charge in [0, 0.05) is 0 Å². The van der Waals surface area contributed by atoms with Gasteiger partial charge < -0.3 is 14.4 Å². The maximum absolute atomic E-state index is 11.8. The van der Waals surface area contributed by atoms with Crippen LogP contribution in [0.25, 0.3) is 10.8 Å². The van der Waals surface area contributed by atoms with Crippen LogP contribution in [0.3, 0.4) is 0 Å². The second kappa shape index (κ2) is 9.22. The van der Waals surface area contributed by atoms with Crippen molar-refractivity contribution in [1.29, 1.82) is 0 Å². The molecule has 0 heterocycles. The van der Waals surface area contributed by atoms with E-state index in [0.717, 1.165) is 35.6 Å². The van der Waals surface area contributed by atoms with Crippen LogP contribution < -0.4 is 5.48 Å². The fraction of sp³-hybridized carbons (Fsp3) is 0.188. The summed E-state index contributed by atoms with van der Waals surface area (Å²) >= 11 is 0. The number of nitrogens with one attached hydrogen (secondary N) is 1. The average Bonchev–Trinajstić information content (AvgIpc) is 2.43. The van der Waals surface area contributed by atoms with Gasteiger partial charge in [-0.2, -0.15) is 6.42 Å². The zero-order chi connectivity index (χ0) is 13.0. The van der Waals surface area contributed by atoms with E-state index < -0.39 is 5.91 Å². The SMILES string of the molecule is [CH2-]CCCc1ccc2ccccc2c1C(=O)NO.[CH3-].[Y+3]. The molecule has 3 nitrogen and oxygen atoms in total. The van der Waals surface area contributed by atoms with E-state index in [4.69, 9.17) is 5.21 Å². The zero-order valence-corrected chi connectivity index (χ0v) is 14.6. The third-order valence-electron chi connectivity index (χ3n) is 3.04. The molecule has 0 saturated heterocycles. The minimum absolute atomic E-state index is 0. The average molecular weight is 346 g/mol. The zero-order valence-electron chi connectivity index (χ0n) is 11.7. The first-order chi connectivity index (χ1) is 8.77. The van der Waals surface area contributed by atoms with Gasteiger partial charge in [0.25, 0.3) is 5.91 Å². The van der Waals surface area contributed by atoms with Crippen molar-refractivity contribution in [3.63, 3.8) is 0 Å². The maximum Gasteiger partial charge on any atom is 3.00 e. The molecular formula is C16H19NO2Y+. The Morgan fingerprint density at radius 1 is 1.20 bits per heavy atom. The molecule has 102 valence electrons. The third-order valence-corrected chi connectivity index (χ3v) is 3.04. The van der Waals surface area contributed by atoms with Crippen LogP contribution in [-0.2, 0) is 39.1 Å². The van der Waals surface area contributed by atoms with Gasteiger partial charge in [0.1, 0.15) is 0 Å². The molecule has 2 N–H and O–H groups in total. The number of unbranched alkanes of at least 4 members (excludes halogenated alkanes) is 1. The van der Waals surface area contributed by atoms with Crippen LogP contribution in [0.5, 0.6) is 0 Å². The molecule has 0 aliphatic carbocycles. The molecule has 0 atom stereocenters. The first-order valence-electron chi connectivity index (χ1n) is 6.02. The summed E-state index contributed by atoms with van der Waals surface area (Å²) in [6.45, 7) is 3.81. The molecular weight excluding hydrogens is 327 g/mol. The van der Waals surface area contributed by atoms with Gasteiger partial charge in [-0.1, -0.05) is 42.8 Å². The predicted molar refractivity (Wildman–Crippen MR) is 77.9 cm³/mol. The van der Waals surface area contributed by atoms with Crippen LogP contribution in [0.1, 0.15) is 28.8 Å². The number of hydrogen-bond donors (Lipinski definition) is 2. The van der Waals surface area contributed by atoms with Crippen LogP contribution >= 0.6 is 0 Å². The van der Waals surface area contributed by atoms with Crippen molar-refractivity contribution in [3.8, 4) is 0 Å². The number of rotatable bonds is 4. The molecule has 0 fully saturated rings. The Morgan fingerprint density at radius 3 is 2.55 bits per heavy atom. The maximum atomic E-state index is 11.8. The number of amides is 1. The van der Waals surface area contributed by atoms with E-state index in [2.05, 4.69) is 6.92 Å². The van der Waals surface area contributed by atoms with Crippen LogP contribution in [0, 0.1) is 14.4 Å². The van der Waals surface area contributed by atoms with Crippen LogP contribution in [-0.4, -0.2) is 11.1 Å². The molecule has 0 aliphatic rings. The van der Waals surface area contributed by atoms with Crippen molar-refractivity contribution in [3.05, 3.63) is 61.9 Å². The summed E-state index contributed by atoms with van der Waals surface area (Å²) in [7, 11) is 0. The molecule has 2 aromatic rings. The topological polar surface area (TPSA) is 49.3 Å². The van der Waals surface area contributed by atoms with Gasteiger partial charge in [-0.05, 0) is 22.8 Å². The van der Waals surface area contributed by atoms with Crippen molar-refractivity contribution in [2.45, 2.75) is 19.3 Å². The molecule has 4 heteroatoms. The molecule has 2 rings (SSSR count). The van der Waals surface area contributed by atoms with Gasteiger partial charge in [-0.15, -0.1) is 0 Å². The summed E-state index contributed by atoms with van der Waals surface area (Å²) in [4.78, 5) is 11.8. The summed E-state index contributed by atoms with van der Waals surface area (Å²) in [5.74, 6) is -0.453. The van der Waals surface area contributed by atoms with Crippen molar-refractivity contribution in [1.82, 2.24) is 5.48 Å². The Bertz CT molecular complexity index is 569. The fourth-order valence-electron chi connectivity index (χ4n) is 2.16. The molecule has 0 bridgehead atoms. The van der Waals surface area contributed by atoms with E-state index in [9.17, 15) is 4.79 Å². The summed E-state index contributed by atoms with van der Waals surface area (Å²) in [5.41, 5.74) is 3.24. The van der Waals surface area contributed by atoms with E-state index in [1.54, 1.807) is 5.48 Å². The van der Waals surface area contributed by atoms with Gasteiger partial charge in [0.2, 0.25) is 0 Å². The van der Waals surface area contributed by atoms with E-state index in [1.165, 1.54) is 0 Å². The van der Waals surface area contributed by atoms with Gasteiger partial charge in [0.15, 0.2) is 0 Å². The van der Waals surface area contributed by atoms with E-state index in [1.807, 2.05) is 36.4 Å². The fourth-order valence-corrected chi connectivity index (χ4v) is 2.16. The normalized spacial score (nSPS) is 9.50. The Balaban J connectivity index is 0.00000180. The molecule has 0 radical (unpaired) electrons. The summed E-state index contributed by atoms with van der Waals surface area (Å²) in [6.07, 6.45) is 2.54. The number of carbonyl (C=O) groups is 1. The van der Waals surface area contributed by atoms with Crippen molar-refractivity contribution >= 4 is 16.7 Å².